The van der Waals surface area contributed by atoms with Gasteiger partial charge in [0.15, 0.2) is 0 Å². The first kappa shape index (κ1) is 16.0. The van der Waals surface area contributed by atoms with Crippen molar-refractivity contribution in [2.75, 3.05) is 13.1 Å². The van der Waals surface area contributed by atoms with Gasteiger partial charge in [-0.1, -0.05) is 30.1 Å². The van der Waals surface area contributed by atoms with E-state index in [-0.39, 0.29) is 16.2 Å². The first-order chi connectivity index (χ1) is 9.89. The van der Waals surface area contributed by atoms with Gasteiger partial charge >= 0.3 is 5.97 Å². The Morgan fingerprint density at radius 3 is 2.43 bits per heavy atom. The molecule has 5 nitrogen and oxygen atoms in total. The van der Waals surface area contributed by atoms with Crippen LogP contribution in [0.4, 0.5) is 0 Å². The molecule has 0 aliphatic carbocycles. The normalized spacial score (nSPS) is 17.6. The number of piperidine rings is 1. The molecule has 0 spiro atoms. The Kier molecular flexibility index (Phi) is 4.74. The number of carboxylic acids is 1. The average molecular weight is 331 g/mol. The van der Waals surface area contributed by atoms with Crippen molar-refractivity contribution >= 4 is 35.1 Å². The highest BCUT2D eigenvalue weighted by Gasteiger charge is 2.41. The van der Waals surface area contributed by atoms with E-state index in [0.717, 1.165) is 0 Å². The number of carbonyl (C=O) groups excluding carboxylic acids is 1. The van der Waals surface area contributed by atoms with Crippen LogP contribution in [0.15, 0.2) is 12.1 Å². The summed E-state index contributed by atoms with van der Waals surface area (Å²) in [7, 11) is 0. The highest BCUT2D eigenvalue weighted by atomic mass is 35.5. The maximum atomic E-state index is 12.4. The second-order valence-electron chi connectivity index (χ2n) is 5.20. The molecule has 1 aliphatic heterocycles. The van der Waals surface area contributed by atoms with Crippen LogP contribution in [-0.4, -0.2) is 40.0 Å². The number of amides is 1. The molecule has 7 heteroatoms. The SMILES string of the molecule is CCC1(C(=O)O)CCN(C(=O)c2ccc(Cl)nc2Cl)CC1. The molecule has 1 aromatic rings. The van der Waals surface area contributed by atoms with E-state index in [1.54, 1.807) is 11.0 Å². The van der Waals surface area contributed by atoms with Crippen molar-refractivity contribution in [3.05, 3.63) is 28.0 Å². The Labute approximate surface area is 132 Å². The third kappa shape index (κ3) is 3.14. The lowest BCUT2D eigenvalue weighted by molar-refractivity contribution is -0.152. The van der Waals surface area contributed by atoms with Gasteiger partial charge in [-0.2, -0.15) is 0 Å². The summed E-state index contributed by atoms with van der Waals surface area (Å²) in [6.07, 6.45) is 1.46. The fraction of sp³-hybridized carbons (Fsp3) is 0.500. The largest absolute Gasteiger partial charge is 0.481 e. The summed E-state index contributed by atoms with van der Waals surface area (Å²) >= 11 is 11.7. The smallest absolute Gasteiger partial charge is 0.309 e. The summed E-state index contributed by atoms with van der Waals surface area (Å²) < 4.78 is 0. The number of hydrogen-bond acceptors (Lipinski definition) is 3. The van der Waals surface area contributed by atoms with Crippen LogP contribution in [-0.2, 0) is 4.79 Å². The summed E-state index contributed by atoms with van der Waals surface area (Å²) in [5, 5.41) is 9.65. The second kappa shape index (κ2) is 6.20. The van der Waals surface area contributed by atoms with Crippen LogP contribution in [0.3, 0.4) is 0 Å². The van der Waals surface area contributed by atoms with Crippen molar-refractivity contribution < 1.29 is 14.7 Å². The highest BCUT2D eigenvalue weighted by Crippen LogP contribution is 2.35. The number of hydrogen-bond donors (Lipinski definition) is 1. The molecular formula is C14H16Cl2N2O3. The van der Waals surface area contributed by atoms with Gasteiger partial charge in [-0.15, -0.1) is 0 Å². The molecular weight excluding hydrogens is 315 g/mol. The van der Waals surface area contributed by atoms with Crippen LogP contribution >= 0.6 is 23.2 Å². The number of halogens is 2. The van der Waals surface area contributed by atoms with Crippen molar-refractivity contribution in [2.24, 2.45) is 5.41 Å². The molecule has 0 bridgehead atoms. The van der Waals surface area contributed by atoms with Crippen LogP contribution in [0.25, 0.3) is 0 Å². The molecule has 0 saturated carbocycles. The summed E-state index contributed by atoms with van der Waals surface area (Å²) in [4.78, 5) is 29.3. The topological polar surface area (TPSA) is 70.5 Å². The van der Waals surface area contributed by atoms with Gasteiger partial charge in [-0.3, -0.25) is 9.59 Å². The molecule has 0 aromatic carbocycles. The van der Waals surface area contributed by atoms with E-state index in [9.17, 15) is 14.7 Å². The molecule has 2 heterocycles. The van der Waals surface area contributed by atoms with Crippen LogP contribution in [0.5, 0.6) is 0 Å². The predicted molar refractivity (Wildman–Crippen MR) is 79.8 cm³/mol. The molecule has 1 N–H and O–H groups in total. The van der Waals surface area contributed by atoms with E-state index >= 15 is 0 Å². The summed E-state index contributed by atoms with van der Waals surface area (Å²) in [5.74, 6) is -1.03. The van der Waals surface area contributed by atoms with Gasteiger partial charge in [0.1, 0.15) is 10.3 Å². The van der Waals surface area contributed by atoms with Crippen molar-refractivity contribution in [3.63, 3.8) is 0 Å². The molecule has 1 fully saturated rings. The average Bonchev–Trinajstić information content (AvgIpc) is 2.46. The standard InChI is InChI=1S/C14H16Cl2N2O3/c1-2-14(13(20)21)5-7-18(8-6-14)12(19)9-3-4-10(15)17-11(9)16/h3-4H,2,5-8H2,1H3,(H,20,21). The van der Waals surface area contributed by atoms with Gasteiger partial charge in [0, 0.05) is 13.1 Å². The zero-order chi connectivity index (χ0) is 15.6. The first-order valence-electron chi connectivity index (χ1n) is 6.74. The van der Waals surface area contributed by atoms with E-state index < -0.39 is 11.4 Å². The number of likely N-dealkylation sites (tertiary alicyclic amines) is 1. The number of pyridine rings is 1. The molecule has 0 radical (unpaired) electrons. The van der Waals surface area contributed by atoms with Crippen LogP contribution < -0.4 is 0 Å². The Morgan fingerprint density at radius 2 is 1.95 bits per heavy atom. The third-order valence-electron chi connectivity index (χ3n) is 4.18. The highest BCUT2D eigenvalue weighted by molar-refractivity contribution is 6.34. The zero-order valence-corrected chi connectivity index (χ0v) is 13.1. The maximum absolute atomic E-state index is 12.4. The lowest BCUT2D eigenvalue weighted by atomic mass is 9.76. The minimum absolute atomic E-state index is 0.0677. The minimum atomic E-state index is -0.789. The van der Waals surface area contributed by atoms with Crippen molar-refractivity contribution in [2.45, 2.75) is 26.2 Å². The fourth-order valence-corrected chi connectivity index (χ4v) is 3.02. The molecule has 0 atom stereocenters. The monoisotopic (exact) mass is 330 g/mol. The molecule has 1 aromatic heterocycles. The fourth-order valence-electron chi connectivity index (χ4n) is 2.60. The van der Waals surface area contributed by atoms with E-state index in [0.29, 0.717) is 37.9 Å². The van der Waals surface area contributed by atoms with Crippen molar-refractivity contribution in [1.29, 1.82) is 0 Å². The first-order valence-corrected chi connectivity index (χ1v) is 7.50. The van der Waals surface area contributed by atoms with Crippen LogP contribution in [0, 0.1) is 5.41 Å². The number of carbonyl (C=O) groups is 2. The molecule has 1 saturated heterocycles. The van der Waals surface area contributed by atoms with Crippen LogP contribution in [0.1, 0.15) is 36.5 Å². The number of rotatable bonds is 3. The van der Waals surface area contributed by atoms with Gasteiger partial charge in [-0.05, 0) is 31.4 Å². The van der Waals surface area contributed by atoms with Crippen LogP contribution in [0.2, 0.25) is 10.3 Å². The van der Waals surface area contributed by atoms with Gasteiger partial charge in [0.05, 0.1) is 11.0 Å². The number of carboxylic acid groups (broad SMARTS) is 1. The molecule has 1 aliphatic rings. The molecule has 21 heavy (non-hydrogen) atoms. The summed E-state index contributed by atoms with van der Waals surface area (Å²) in [6, 6.07) is 3.05. The molecule has 2 rings (SSSR count). The summed E-state index contributed by atoms with van der Waals surface area (Å²) in [6.45, 7) is 2.67. The summed E-state index contributed by atoms with van der Waals surface area (Å²) in [5.41, 5.74) is -0.431. The predicted octanol–water partition coefficient (Wildman–Crippen LogP) is 3.11. The molecule has 1 amide bonds. The number of nitrogens with zero attached hydrogens (tertiary/aromatic N) is 2. The van der Waals surface area contributed by atoms with Gasteiger partial charge in [-0.25, -0.2) is 4.98 Å². The quantitative estimate of drug-likeness (QED) is 0.864. The van der Waals surface area contributed by atoms with E-state index in [4.69, 9.17) is 23.2 Å². The minimum Gasteiger partial charge on any atom is -0.481 e. The molecule has 114 valence electrons. The Morgan fingerprint density at radius 1 is 1.33 bits per heavy atom. The van der Waals surface area contributed by atoms with Gasteiger partial charge < -0.3 is 10.0 Å². The Bertz CT molecular complexity index is 569. The Balaban J connectivity index is 2.12. The number of aliphatic carboxylic acids is 1. The molecule has 0 unspecified atom stereocenters. The van der Waals surface area contributed by atoms with E-state index in [1.165, 1.54) is 6.07 Å². The lowest BCUT2D eigenvalue weighted by Crippen LogP contribution is -2.46. The lowest BCUT2D eigenvalue weighted by Gasteiger charge is -2.38. The van der Waals surface area contributed by atoms with Crippen molar-refractivity contribution in [3.8, 4) is 0 Å². The number of aromatic nitrogens is 1. The van der Waals surface area contributed by atoms with Gasteiger partial charge in [0.2, 0.25) is 0 Å². The zero-order valence-electron chi connectivity index (χ0n) is 11.6. The van der Waals surface area contributed by atoms with E-state index in [1.807, 2.05) is 6.92 Å². The van der Waals surface area contributed by atoms with E-state index in [2.05, 4.69) is 4.98 Å². The second-order valence-corrected chi connectivity index (χ2v) is 5.95. The maximum Gasteiger partial charge on any atom is 0.309 e. The van der Waals surface area contributed by atoms with Gasteiger partial charge in [0.25, 0.3) is 5.91 Å². The van der Waals surface area contributed by atoms with Crippen molar-refractivity contribution in [1.82, 2.24) is 9.88 Å². The third-order valence-corrected chi connectivity index (χ3v) is 4.68. The Hall–Kier alpha value is -1.33.